The average Bonchev–Trinajstić information content (AvgIpc) is 2.97. The molecule has 24 heavy (non-hydrogen) atoms. The zero-order valence-electron chi connectivity index (χ0n) is 14.2. The molecule has 3 atom stereocenters. The molecule has 1 aliphatic heterocycles. The van der Waals surface area contributed by atoms with Crippen molar-refractivity contribution in [1.29, 1.82) is 0 Å². The standard InChI is InChI=1S/C16H26N2O4S2/c1-3-4-5-6-7-23-24-13-8-14(22-12(13)10-19)18-9-11(2)15(20)17-16(18)21/h9,12-14,19H,3-8,10H2,1-2H3,(H,17,20,21)/t12-,13?,14-/m1/s1. The maximum Gasteiger partial charge on any atom is 0.330 e. The summed E-state index contributed by atoms with van der Waals surface area (Å²) in [6.07, 6.45) is 6.40. The molecule has 2 rings (SSSR count). The number of H-pyrrole nitrogens is 1. The van der Waals surface area contributed by atoms with Crippen molar-refractivity contribution in [2.45, 2.75) is 63.5 Å². The normalized spacial score (nSPS) is 23.7. The van der Waals surface area contributed by atoms with Crippen LogP contribution in [0.5, 0.6) is 0 Å². The molecule has 2 N–H and O–H groups in total. The third-order valence-electron chi connectivity index (χ3n) is 4.09. The Labute approximate surface area is 149 Å². The molecular weight excluding hydrogens is 348 g/mol. The van der Waals surface area contributed by atoms with Crippen molar-refractivity contribution < 1.29 is 9.84 Å². The van der Waals surface area contributed by atoms with Gasteiger partial charge < -0.3 is 9.84 Å². The lowest BCUT2D eigenvalue weighted by Crippen LogP contribution is -2.33. The molecule has 1 unspecified atom stereocenters. The zero-order chi connectivity index (χ0) is 17.5. The highest BCUT2D eigenvalue weighted by atomic mass is 33.1. The number of nitrogens with one attached hydrogen (secondary N) is 1. The van der Waals surface area contributed by atoms with Crippen LogP contribution in [0.25, 0.3) is 0 Å². The van der Waals surface area contributed by atoms with Gasteiger partial charge in [0, 0.05) is 29.2 Å². The Balaban J connectivity index is 1.93. The molecule has 0 amide bonds. The minimum Gasteiger partial charge on any atom is -0.394 e. The van der Waals surface area contributed by atoms with Gasteiger partial charge in [-0.15, -0.1) is 0 Å². The lowest BCUT2D eigenvalue weighted by atomic mass is 10.2. The van der Waals surface area contributed by atoms with Crippen LogP contribution in [0.3, 0.4) is 0 Å². The summed E-state index contributed by atoms with van der Waals surface area (Å²) < 4.78 is 7.26. The van der Waals surface area contributed by atoms with Gasteiger partial charge in [-0.3, -0.25) is 14.3 Å². The zero-order valence-corrected chi connectivity index (χ0v) is 15.8. The van der Waals surface area contributed by atoms with Gasteiger partial charge >= 0.3 is 5.69 Å². The molecule has 1 aromatic heterocycles. The number of hydrogen-bond acceptors (Lipinski definition) is 6. The van der Waals surface area contributed by atoms with Gasteiger partial charge in [-0.1, -0.05) is 47.8 Å². The van der Waals surface area contributed by atoms with Gasteiger partial charge in [0.05, 0.1) is 12.7 Å². The Bertz CT molecular complexity index is 631. The van der Waals surface area contributed by atoms with E-state index in [2.05, 4.69) is 11.9 Å². The maximum absolute atomic E-state index is 12.0. The third kappa shape index (κ3) is 5.15. The molecule has 1 fully saturated rings. The van der Waals surface area contributed by atoms with Crippen LogP contribution in [0.2, 0.25) is 0 Å². The largest absolute Gasteiger partial charge is 0.394 e. The fourth-order valence-corrected chi connectivity index (χ4v) is 5.54. The van der Waals surface area contributed by atoms with Gasteiger partial charge in [-0.2, -0.15) is 0 Å². The lowest BCUT2D eigenvalue weighted by Gasteiger charge is -2.15. The number of aromatic nitrogens is 2. The number of hydrogen-bond donors (Lipinski definition) is 2. The van der Waals surface area contributed by atoms with Crippen molar-refractivity contribution in [2.75, 3.05) is 12.4 Å². The van der Waals surface area contributed by atoms with E-state index < -0.39 is 11.9 Å². The average molecular weight is 375 g/mol. The predicted octanol–water partition coefficient (Wildman–Crippen LogP) is 2.46. The summed E-state index contributed by atoms with van der Waals surface area (Å²) in [5.74, 6) is 1.09. The smallest absolute Gasteiger partial charge is 0.330 e. The molecule has 0 spiro atoms. The van der Waals surface area contributed by atoms with Gasteiger partial charge in [0.1, 0.15) is 6.23 Å². The summed E-state index contributed by atoms with van der Waals surface area (Å²) >= 11 is 0. The van der Waals surface area contributed by atoms with Crippen molar-refractivity contribution in [3.05, 3.63) is 32.6 Å². The maximum atomic E-state index is 12.0. The second kappa shape index (κ2) is 9.70. The van der Waals surface area contributed by atoms with Gasteiger partial charge in [-0.25, -0.2) is 4.79 Å². The molecule has 1 aliphatic rings. The van der Waals surface area contributed by atoms with Crippen LogP contribution in [0, 0.1) is 6.92 Å². The summed E-state index contributed by atoms with van der Waals surface area (Å²) in [4.78, 5) is 25.8. The van der Waals surface area contributed by atoms with E-state index in [0.717, 1.165) is 5.75 Å². The van der Waals surface area contributed by atoms with Crippen LogP contribution >= 0.6 is 21.6 Å². The van der Waals surface area contributed by atoms with E-state index >= 15 is 0 Å². The fraction of sp³-hybridized carbons (Fsp3) is 0.750. The second-order valence-electron chi connectivity index (χ2n) is 6.04. The molecule has 6 nitrogen and oxygen atoms in total. The first-order valence-electron chi connectivity index (χ1n) is 8.43. The first kappa shape index (κ1) is 19.6. The van der Waals surface area contributed by atoms with Crippen molar-refractivity contribution >= 4 is 21.6 Å². The van der Waals surface area contributed by atoms with Crippen LogP contribution in [-0.2, 0) is 4.74 Å². The Morgan fingerprint density at radius 2 is 2.17 bits per heavy atom. The number of aryl methyl sites for hydroxylation is 1. The van der Waals surface area contributed by atoms with E-state index in [1.807, 2.05) is 10.8 Å². The summed E-state index contributed by atoms with van der Waals surface area (Å²) in [6.45, 7) is 3.79. The third-order valence-corrected chi connectivity index (χ3v) is 7.07. The molecule has 8 heteroatoms. The van der Waals surface area contributed by atoms with E-state index in [0.29, 0.717) is 12.0 Å². The molecule has 136 valence electrons. The van der Waals surface area contributed by atoms with E-state index in [9.17, 15) is 14.7 Å². The van der Waals surface area contributed by atoms with Crippen molar-refractivity contribution in [1.82, 2.24) is 9.55 Å². The predicted molar refractivity (Wildman–Crippen MR) is 99.7 cm³/mol. The highest BCUT2D eigenvalue weighted by Gasteiger charge is 2.36. The lowest BCUT2D eigenvalue weighted by molar-refractivity contribution is -0.0238. The molecule has 0 bridgehead atoms. The fourth-order valence-electron chi connectivity index (χ4n) is 2.66. The van der Waals surface area contributed by atoms with Crippen LogP contribution in [0.15, 0.2) is 15.8 Å². The second-order valence-corrected chi connectivity index (χ2v) is 8.77. The summed E-state index contributed by atoms with van der Waals surface area (Å²) in [6, 6.07) is 0. The first-order valence-corrected chi connectivity index (χ1v) is 10.8. The molecule has 2 heterocycles. The summed E-state index contributed by atoms with van der Waals surface area (Å²) in [5.41, 5.74) is -0.369. The molecule has 1 aromatic rings. The van der Waals surface area contributed by atoms with Crippen LogP contribution in [-0.4, -0.2) is 38.4 Å². The van der Waals surface area contributed by atoms with E-state index in [-0.39, 0.29) is 23.5 Å². The number of aliphatic hydroxyl groups excluding tert-OH is 1. The molecular formula is C16H26N2O4S2. The van der Waals surface area contributed by atoms with Crippen LogP contribution in [0.1, 0.15) is 50.8 Å². The van der Waals surface area contributed by atoms with Gasteiger partial charge in [0.2, 0.25) is 0 Å². The Hall–Kier alpha value is -0.700. The quantitative estimate of drug-likeness (QED) is 0.510. The molecule has 0 radical (unpaired) electrons. The first-order chi connectivity index (χ1) is 11.6. The van der Waals surface area contributed by atoms with Crippen molar-refractivity contribution in [2.24, 2.45) is 0 Å². The van der Waals surface area contributed by atoms with E-state index in [4.69, 9.17) is 4.74 Å². The minimum atomic E-state index is -0.467. The Morgan fingerprint density at radius 3 is 2.88 bits per heavy atom. The monoisotopic (exact) mass is 374 g/mol. The number of nitrogens with zero attached hydrogens (tertiary/aromatic N) is 1. The van der Waals surface area contributed by atoms with Crippen LogP contribution < -0.4 is 11.2 Å². The molecule has 0 aromatic carbocycles. The highest BCUT2D eigenvalue weighted by Crippen LogP contribution is 2.41. The SMILES string of the molecule is CCCCCCSSC1C[C@H](n2cc(C)c(=O)[nH]c2=O)O[C@@H]1CO. The topological polar surface area (TPSA) is 84.3 Å². The number of aliphatic hydroxyl groups is 1. The Morgan fingerprint density at radius 1 is 1.38 bits per heavy atom. The summed E-state index contributed by atoms with van der Waals surface area (Å²) in [5, 5.41) is 9.68. The van der Waals surface area contributed by atoms with Gasteiger partial charge in [0.15, 0.2) is 0 Å². The van der Waals surface area contributed by atoms with Crippen LogP contribution in [0.4, 0.5) is 0 Å². The van der Waals surface area contributed by atoms with E-state index in [1.54, 1.807) is 17.7 Å². The number of ether oxygens (including phenoxy) is 1. The van der Waals surface area contributed by atoms with E-state index in [1.165, 1.54) is 36.4 Å². The molecule has 0 saturated carbocycles. The minimum absolute atomic E-state index is 0.0678. The molecule has 1 saturated heterocycles. The van der Waals surface area contributed by atoms with Gasteiger partial charge in [-0.05, 0) is 13.3 Å². The number of rotatable bonds is 9. The number of unbranched alkanes of at least 4 members (excludes halogenated alkanes) is 3. The number of aromatic amines is 1. The highest BCUT2D eigenvalue weighted by molar-refractivity contribution is 8.76. The molecule has 0 aliphatic carbocycles. The Kier molecular flexibility index (Phi) is 7.93. The van der Waals surface area contributed by atoms with Crippen molar-refractivity contribution in [3.63, 3.8) is 0 Å². The summed E-state index contributed by atoms with van der Waals surface area (Å²) in [7, 11) is 3.54. The van der Waals surface area contributed by atoms with Gasteiger partial charge in [0.25, 0.3) is 5.56 Å². The van der Waals surface area contributed by atoms with Crippen molar-refractivity contribution in [3.8, 4) is 0 Å².